The number of benzene rings is 2. The van der Waals surface area contributed by atoms with Crippen LogP contribution >= 0.6 is 11.6 Å². The number of halogens is 1. The highest BCUT2D eigenvalue weighted by atomic mass is 35.5. The zero-order chi connectivity index (χ0) is 15.8. The molecule has 22 heavy (non-hydrogen) atoms. The van der Waals surface area contributed by atoms with Crippen LogP contribution in [0.25, 0.3) is 0 Å². The molecule has 1 atom stereocenters. The number of nitrogens with zero attached hydrogens (tertiary/aromatic N) is 1. The fraction of sp³-hybridized carbons (Fsp3) is 0.235. The first-order chi connectivity index (χ1) is 10.7. The molecule has 1 amide bonds. The van der Waals surface area contributed by atoms with Crippen molar-refractivity contribution in [1.29, 1.82) is 0 Å². The van der Waals surface area contributed by atoms with Crippen molar-refractivity contribution < 1.29 is 9.53 Å². The number of rotatable bonds is 6. The summed E-state index contributed by atoms with van der Waals surface area (Å²) < 4.78 is 5.32. The molecule has 0 aliphatic rings. The molecule has 2 aromatic rings. The smallest absolute Gasteiger partial charge is 0.411 e. The van der Waals surface area contributed by atoms with Gasteiger partial charge in [-0.05, 0) is 5.56 Å². The van der Waals surface area contributed by atoms with Gasteiger partial charge in [0, 0.05) is 25.2 Å². The number of carbonyl (C=O) groups is 1. The predicted octanol–water partition coefficient (Wildman–Crippen LogP) is 3.52. The number of amides is 1. The van der Waals surface area contributed by atoms with Crippen LogP contribution in [0.5, 0.6) is 0 Å². The molecule has 2 N–H and O–H groups in total. The predicted molar refractivity (Wildman–Crippen MR) is 87.4 cm³/mol. The van der Waals surface area contributed by atoms with E-state index in [4.69, 9.17) is 22.1 Å². The van der Waals surface area contributed by atoms with Crippen LogP contribution in [0.4, 0.5) is 4.79 Å². The lowest BCUT2D eigenvalue weighted by atomic mass is 10.2. The van der Waals surface area contributed by atoms with Crippen molar-refractivity contribution in [3.8, 4) is 0 Å². The monoisotopic (exact) mass is 318 g/mol. The van der Waals surface area contributed by atoms with E-state index >= 15 is 0 Å². The van der Waals surface area contributed by atoms with E-state index in [2.05, 4.69) is 0 Å². The molecule has 0 saturated heterocycles. The van der Waals surface area contributed by atoms with Crippen LogP contribution in [0, 0.1) is 0 Å². The summed E-state index contributed by atoms with van der Waals surface area (Å²) >= 11 is 6.15. The number of carbonyl (C=O) groups excluding carboxylic acids is 1. The second-order valence-corrected chi connectivity index (χ2v) is 5.20. The van der Waals surface area contributed by atoms with Crippen molar-refractivity contribution in [3.63, 3.8) is 0 Å². The van der Waals surface area contributed by atoms with Gasteiger partial charge in [0.05, 0.1) is 0 Å². The maximum atomic E-state index is 12.3. The normalized spacial score (nSPS) is 11.7. The molecule has 4 nitrogen and oxygen atoms in total. The Balaban J connectivity index is 2.00. The van der Waals surface area contributed by atoms with Gasteiger partial charge in [-0.15, -0.1) is 0 Å². The third kappa shape index (κ3) is 4.76. The minimum Gasteiger partial charge on any atom is -0.425 e. The van der Waals surface area contributed by atoms with E-state index in [0.29, 0.717) is 19.6 Å². The Morgan fingerprint density at radius 1 is 1.09 bits per heavy atom. The molecule has 1 unspecified atom stereocenters. The SMILES string of the molecule is NCCN(Cc1ccccc1)C(=O)OC(Cl)c1ccccc1. The second-order valence-electron chi connectivity index (χ2n) is 4.81. The molecule has 116 valence electrons. The minimum absolute atomic E-state index is 0.361. The highest BCUT2D eigenvalue weighted by Gasteiger charge is 2.19. The number of nitrogens with two attached hydrogens (primary N) is 1. The molecule has 5 heteroatoms. The highest BCUT2D eigenvalue weighted by Crippen LogP contribution is 2.22. The van der Waals surface area contributed by atoms with Crippen molar-refractivity contribution in [3.05, 3.63) is 71.8 Å². The first-order valence-electron chi connectivity index (χ1n) is 7.09. The van der Waals surface area contributed by atoms with E-state index in [9.17, 15) is 4.79 Å². The molecule has 0 aromatic heterocycles. The van der Waals surface area contributed by atoms with Crippen LogP contribution in [-0.2, 0) is 11.3 Å². The van der Waals surface area contributed by atoms with Gasteiger partial charge in [0.1, 0.15) is 0 Å². The lowest BCUT2D eigenvalue weighted by Gasteiger charge is -2.23. The van der Waals surface area contributed by atoms with Crippen LogP contribution in [0.2, 0.25) is 0 Å². The summed E-state index contributed by atoms with van der Waals surface area (Å²) in [6.45, 7) is 1.21. The third-order valence-electron chi connectivity index (χ3n) is 3.14. The maximum absolute atomic E-state index is 12.3. The Morgan fingerprint density at radius 2 is 1.68 bits per heavy atom. The largest absolute Gasteiger partial charge is 0.425 e. The molecule has 0 aliphatic carbocycles. The fourth-order valence-corrected chi connectivity index (χ4v) is 2.25. The quantitative estimate of drug-likeness (QED) is 0.829. The van der Waals surface area contributed by atoms with Gasteiger partial charge in [0.2, 0.25) is 5.56 Å². The molecular formula is C17H19ClN2O2. The summed E-state index contributed by atoms with van der Waals surface area (Å²) in [6.07, 6.45) is -0.474. The first kappa shape index (κ1) is 16.3. The van der Waals surface area contributed by atoms with E-state index in [1.54, 1.807) is 4.90 Å². The molecule has 0 fully saturated rings. The number of hydrogen-bond donors (Lipinski definition) is 1. The summed E-state index contributed by atoms with van der Waals surface area (Å²) in [7, 11) is 0. The maximum Gasteiger partial charge on any atom is 0.411 e. The summed E-state index contributed by atoms with van der Waals surface area (Å²) in [5.74, 6) is 0. The van der Waals surface area contributed by atoms with E-state index < -0.39 is 11.7 Å². The van der Waals surface area contributed by atoms with Gasteiger partial charge < -0.3 is 15.4 Å². The number of ether oxygens (including phenoxy) is 1. The minimum atomic E-state index is -0.815. The molecule has 2 rings (SSSR count). The average Bonchev–Trinajstić information content (AvgIpc) is 2.56. The standard InChI is InChI=1S/C17H19ClN2O2/c18-16(15-9-5-2-6-10-15)22-17(21)20(12-11-19)13-14-7-3-1-4-8-14/h1-10,16H,11-13,19H2. The van der Waals surface area contributed by atoms with Crippen LogP contribution < -0.4 is 5.73 Å². The van der Waals surface area contributed by atoms with Gasteiger partial charge in [-0.3, -0.25) is 0 Å². The van der Waals surface area contributed by atoms with E-state index in [-0.39, 0.29) is 0 Å². The van der Waals surface area contributed by atoms with Gasteiger partial charge in [-0.2, -0.15) is 0 Å². The van der Waals surface area contributed by atoms with Crippen molar-refractivity contribution in [2.45, 2.75) is 12.1 Å². The average molecular weight is 319 g/mol. The Labute approximate surface area is 135 Å². The lowest BCUT2D eigenvalue weighted by Crippen LogP contribution is -2.35. The summed E-state index contributed by atoms with van der Waals surface area (Å²) in [5, 5.41) is 0. The van der Waals surface area contributed by atoms with Crippen molar-refractivity contribution in [2.75, 3.05) is 13.1 Å². The second kappa shape index (κ2) is 8.41. The van der Waals surface area contributed by atoms with Gasteiger partial charge in [-0.25, -0.2) is 4.79 Å². The van der Waals surface area contributed by atoms with Crippen LogP contribution in [-0.4, -0.2) is 24.1 Å². The zero-order valence-corrected chi connectivity index (χ0v) is 12.9. The summed E-state index contributed by atoms with van der Waals surface area (Å²) in [5.41, 5.74) is 6.52. The number of alkyl halides is 1. The van der Waals surface area contributed by atoms with Crippen molar-refractivity contribution >= 4 is 17.7 Å². The molecule has 0 heterocycles. The van der Waals surface area contributed by atoms with Gasteiger partial charge in [-0.1, -0.05) is 72.3 Å². The fourth-order valence-electron chi connectivity index (χ4n) is 2.03. The van der Waals surface area contributed by atoms with Gasteiger partial charge in [0.15, 0.2) is 0 Å². The Morgan fingerprint density at radius 3 is 2.27 bits per heavy atom. The van der Waals surface area contributed by atoms with Crippen molar-refractivity contribution in [2.24, 2.45) is 5.73 Å². The van der Waals surface area contributed by atoms with Crippen LogP contribution in [0.1, 0.15) is 16.7 Å². The summed E-state index contributed by atoms with van der Waals surface area (Å²) in [4.78, 5) is 13.8. The lowest BCUT2D eigenvalue weighted by molar-refractivity contribution is 0.0893. The Hall–Kier alpha value is -2.04. The molecule has 0 saturated carbocycles. The van der Waals surface area contributed by atoms with Crippen LogP contribution in [0.15, 0.2) is 60.7 Å². The molecule has 0 bridgehead atoms. The number of hydrogen-bond acceptors (Lipinski definition) is 3. The third-order valence-corrected chi connectivity index (χ3v) is 3.48. The summed E-state index contributed by atoms with van der Waals surface area (Å²) in [6, 6.07) is 18.9. The van der Waals surface area contributed by atoms with Crippen molar-refractivity contribution in [1.82, 2.24) is 4.90 Å². The van der Waals surface area contributed by atoms with E-state index in [1.807, 2.05) is 60.7 Å². The van der Waals surface area contributed by atoms with E-state index in [1.165, 1.54) is 0 Å². The van der Waals surface area contributed by atoms with Gasteiger partial charge in [0.25, 0.3) is 0 Å². The first-order valence-corrected chi connectivity index (χ1v) is 7.53. The molecular weight excluding hydrogens is 300 g/mol. The molecule has 2 aromatic carbocycles. The van der Waals surface area contributed by atoms with E-state index in [0.717, 1.165) is 11.1 Å². The van der Waals surface area contributed by atoms with Gasteiger partial charge >= 0.3 is 6.09 Å². The topological polar surface area (TPSA) is 55.6 Å². The Kier molecular flexibility index (Phi) is 6.25. The zero-order valence-electron chi connectivity index (χ0n) is 12.2. The Bertz CT molecular complexity index is 578. The molecule has 0 aliphatic heterocycles. The highest BCUT2D eigenvalue weighted by molar-refractivity contribution is 6.20. The van der Waals surface area contributed by atoms with Crippen LogP contribution in [0.3, 0.4) is 0 Å². The molecule has 0 radical (unpaired) electrons. The molecule has 0 spiro atoms.